The monoisotopic (exact) mass is 364 g/mol. The molecule has 2 aromatic heterocycles. The first-order valence-electron chi connectivity index (χ1n) is 7.95. The number of hydrogen-bond donors (Lipinski definition) is 1. The van der Waals surface area contributed by atoms with Gasteiger partial charge < -0.3 is 5.11 Å². The molecule has 0 saturated carbocycles. The molecular formula is C19H12N2O6. The molecule has 0 amide bonds. The molecule has 8 nitrogen and oxygen atoms in total. The molecule has 0 fully saturated rings. The van der Waals surface area contributed by atoms with E-state index >= 15 is 0 Å². The Balaban J connectivity index is 2.14. The minimum absolute atomic E-state index is 0.00795. The van der Waals surface area contributed by atoms with Crippen LogP contribution in [-0.2, 0) is 7.05 Å². The predicted molar refractivity (Wildman–Crippen MR) is 98.9 cm³/mol. The van der Waals surface area contributed by atoms with Crippen LogP contribution in [0.5, 0.6) is 0 Å². The molecular weight excluding hydrogens is 352 g/mol. The molecule has 0 radical (unpaired) electrons. The summed E-state index contributed by atoms with van der Waals surface area (Å²) < 4.78 is 1.78. The highest BCUT2D eigenvalue weighted by molar-refractivity contribution is 5.98. The molecule has 0 saturated heterocycles. The fraction of sp³-hybridized carbons (Fsp3) is 0.105. The molecule has 4 rings (SSSR count). The maximum Gasteiger partial charge on any atom is 0.335 e. The topological polar surface area (TPSA) is 115 Å². The van der Waals surface area contributed by atoms with Gasteiger partial charge in [-0.15, -0.1) is 0 Å². The third-order valence-corrected chi connectivity index (χ3v) is 4.66. The molecule has 0 spiro atoms. The Hall–Kier alpha value is -3.81. The Kier molecular flexibility index (Phi) is 3.29. The molecule has 0 aliphatic rings. The lowest BCUT2D eigenvalue weighted by Gasteiger charge is -2.04. The zero-order valence-electron chi connectivity index (χ0n) is 14.3. The molecule has 8 heteroatoms. The van der Waals surface area contributed by atoms with Gasteiger partial charge >= 0.3 is 5.97 Å². The van der Waals surface area contributed by atoms with Gasteiger partial charge in [0.05, 0.1) is 32.8 Å². The lowest BCUT2D eigenvalue weighted by atomic mass is 10.1. The van der Waals surface area contributed by atoms with Gasteiger partial charge in [-0.3, -0.25) is 23.7 Å². The highest BCUT2D eigenvalue weighted by Gasteiger charge is 2.20. The minimum Gasteiger partial charge on any atom is -0.478 e. The summed E-state index contributed by atoms with van der Waals surface area (Å²) in [6.07, 6.45) is 0. The van der Waals surface area contributed by atoms with Crippen LogP contribution >= 0.6 is 0 Å². The lowest BCUT2D eigenvalue weighted by molar-refractivity contribution is 0.0696. The predicted octanol–water partition coefficient (Wildman–Crippen LogP) is 0.445. The second-order valence-corrected chi connectivity index (χ2v) is 6.42. The van der Waals surface area contributed by atoms with Gasteiger partial charge in [-0.1, -0.05) is 0 Å². The van der Waals surface area contributed by atoms with Gasteiger partial charge in [0, 0.05) is 7.05 Å². The summed E-state index contributed by atoms with van der Waals surface area (Å²) in [5.41, 5.74) is -1.80. The van der Waals surface area contributed by atoms with E-state index in [1.54, 1.807) is 6.92 Å². The van der Waals surface area contributed by atoms with Gasteiger partial charge in [-0.2, -0.15) is 0 Å². The van der Waals surface area contributed by atoms with Crippen molar-refractivity contribution in [3.05, 3.63) is 82.9 Å². The minimum atomic E-state index is -1.19. The maximum absolute atomic E-state index is 12.8. The van der Waals surface area contributed by atoms with E-state index in [9.17, 15) is 29.1 Å². The van der Waals surface area contributed by atoms with E-state index in [1.165, 1.54) is 37.4 Å². The third-order valence-electron chi connectivity index (χ3n) is 4.66. The molecule has 0 unspecified atom stereocenters. The van der Waals surface area contributed by atoms with Crippen molar-refractivity contribution in [1.82, 2.24) is 9.13 Å². The number of fused-ring (bicyclic) bond motifs is 2. The highest BCUT2D eigenvalue weighted by Crippen LogP contribution is 2.17. The van der Waals surface area contributed by atoms with Crippen LogP contribution in [-0.4, -0.2) is 20.2 Å². The number of benzene rings is 2. The number of carboxylic acids is 1. The summed E-state index contributed by atoms with van der Waals surface area (Å²) in [4.78, 5) is 61.2. The lowest BCUT2D eigenvalue weighted by Crippen LogP contribution is -2.24. The van der Waals surface area contributed by atoms with E-state index in [4.69, 9.17) is 0 Å². The highest BCUT2D eigenvalue weighted by atomic mass is 16.4. The normalized spacial score (nSPS) is 11.5. The first-order chi connectivity index (χ1) is 12.7. The summed E-state index contributed by atoms with van der Waals surface area (Å²) in [5.74, 6) is -1.19. The molecule has 2 heterocycles. The van der Waals surface area contributed by atoms with Gasteiger partial charge in [0.25, 0.3) is 22.2 Å². The number of rotatable bonds is 2. The van der Waals surface area contributed by atoms with Gasteiger partial charge in [-0.05, 0) is 42.8 Å². The van der Waals surface area contributed by atoms with Crippen LogP contribution in [0.2, 0.25) is 0 Å². The Morgan fingerprint density at radius 3 is 1.74 bits per heavy atom. The van der Waals surface area contributed by atoms with E-state index in [2.05, 4.69) is 0 Å². The van der Waals surface area contributed by atoms with E-state index in [-0.39, 0.29) is 32.8 Å². The first-order valence-corrected chi connectivity index (χ1v) is 7.95. The Bertz CT molecular complexity index is 1420. The number of hydrogen-bond acceptors (Lipinski definition) is 5. The van der Waals surface area contributed by atoms with E-state index in [1.807, 2.05) is 0 Å². The fourth-order valence-corrected chi connectivity index (χ4v) is 3.34. The fourth-order valence-electron chi connectivity index (χ4n) is 3.34. The summed E-state index contributed by atoms with van der Waals surface area (Å²) in [6.45, 7) is 1.65. The van der Waals surface area contributed by atoms with E-state index < -0.39 is 28.2 Å². The van der Waals surface area contributed by atoms with Crippen molar-refractivity contribution in [1.29, 1.82) is 0 Å². The number of aromatic carboxylic acids is 1. The summed E-state index contributed by atoms with van der Waals surface area (Å²) in [6, 6.07) is 6.68. The first kappa shape index (κ1) is 16.6. The number of aromatic nitrogens is 2. The molecule has 0 atom stereocenters. The molecule has 0 aliphatic carbocycles. The second-order valence-electron chi connectivity index (χ2n) is 6.42. The van der Waals surface area contributed by atoms with Gasteiger partial charge in [0.15, 0.2) is 0 Å². The van der Waals surface area contributed by atoms with Crippen molar-refractivity contribution in [2.45, 2.75) is 6.92 Å². The number of carboxylic acid groups (broad SMARTS) is 1. The zero-order valence-corrected chi connectivity index (χ0v) is 14.3. The summed E-state index contributed by atoms with van der Waals surface area (Å²) >= 11 is 0. The van der Waals surface area contributed by atoms with Crippen molar-refractivity contribution in [3.63, 3.8) is 0 Å². The smallest absolute Gasteiger partial charge is 0.335 e. The Morgan fingerprint density at radius 1 is 0.778 bits per heavy atom. The average molecular weight is 364 g/mol. The van der Waals surface area contributed by atoms with Gasteiger partial charge in [0.2, 0.25) is 0 Å². The van der Waals surface area contributed by atoms with Crippen LogP contribution in [0.1, 0.15) is 15.9 Å². The van der Waals surface area contributed by atoms with Gasteiger partial charge in [-0.25, -0.2) is 9.36 Å². The van der Waals surface area contributed by atoms with Crippen molar-refractivity contribution < 1.29 is 9.90 Å². The van der Waals surface area contributed by atoms with Crippen LogP contribution < -0.4 is 22.2 Å². The second kappa shape index (κ2) is 5.34. The Labute approximate surface area is 149 Å². The molecule has 4 aromatic rings. The van der Waals surface area contributed by atoms with E-state index in [0.29, 0.717) is 5.56 Å². The molecule has 1 N–H and O–H groups in total. The molecule has 0 bridgehead atoms. The number of carbonyl (C=O) groups is 1. The van der Waals surface area contributed by atoms with E-state index in [0.717, 1.165) is 9.13 Å². The van der Waals surface area contributed by atoms with Crippen LogP contribution in [0.15, 0.2) is 49.5 Å². The molecule has 2 aromatic carbocycles. The number of aryl methyl sites for hydroxylation is 1. The Morgan fingerprint density at radius 2 is 1.26 bits per heavy atom. The van der Waals surface area contributed by atoms with Crippen LogP contribution in [0.4, 0.5) is 0 Å². The molecule has 27 heavy (non-hydrogen) atoms. The summed E-state index contributed by atoms with van der Waals surface area (Å²) in [5, 5.41) is 9.36. The summed E-state index contributed by atoms with van der Waals surface area (Å²) in [7, 11) is 1.33. The van der Waals surface area contributed by atoms with Crippen LogP contribution in [0.3, 0.4) is 0 Å². The zero-order chi connectivity index (χ0) is 19.6. The third kappa shape index (κ3) is 2.20. The van der Waals surface area contributed by atoms with Gasteiger partial charge in [0.1, 0.15) is 0 Å². The van der Waals surface area contributed by atoms with Crippen molar-refractivity contribution >= 4 is 27.5 Å². The van der Waals surface area contributed by atoms with Crippen LogP contribution in [0.25, 0.3) is 27.2 Å². The standard InChI is InChI=1S/C19H12N2O6/c1-8-3-9(19(26)27)5-10(4-8)21-17(24)13-6-11-12(7-14(13)18(21)25)16(23)20(2)15(11)22/h3-7H,1-2H3,(H,26,27). The van der Waals surface area contributed by atoms with Crippen LogP contribution in [0, 0.1) is 6.92 Å². The van der Waals surface area contributed by atoms with Crippen molar-refractivity contribution in [3.8, 4) is 5.69 Å². The number of nitrogens with zero attached hydrogens (tertiary/aromatic N) is 2. The average Bonchev–Trinajstić information content (AvgIpc) is 2.99. The SMILES string of the molecule is Cc1cc(C(=O)O)cc(-n2c(=O)c3cc4c(=O)n(C)c(=O)c4cc3c2=O)c1. The van der Waals surface area contributed by atoms with Crippen molar-refractivity contribution in [2.24, 2.45) is 7.05 Å². The maximum atomic E-state index is 12.8. The molecule has 0 aliphatic heterocycles. The van der Waals surface area contributed by atoms with Crippen molar-refractivity contribution in [2.75, 3.05) is 0 Å². The molecule has 134 valence electrons. The largest absolute Gasteiger partial charge is 0.478 e. The quantitative estimate of drug-likeness (QED) is 0.552.